The maximum Gasteiger partial charge on any atom is 0.255 e. The zero-order valence-corrected chi connectivity index (χ0v) is 13.4. The molecule has 106 valence electrons. The number of anilines is 1. The summed E-state index contributed by atoms with van der Waals surface area (Å²) < 4.78 is 0. The fraction of sp³-hybridized carbons (Fsp3) is 0.214. The number of nitrogens with two attached hydrogens (primary N) is 1. The van der Waals surface area contributed by atoms with Crippen LogP contribution in [0.25, 0.3) is 0 Å². The lowest BCUT2D eigenvalue weighted by Gasteiger charge is -2.18. The number of rotatable bonds is 3. The first kappa shape index (κ1) is 15.2. The van der Waals surface area contributed by atoms with Crippen molar-refractivity contribution in [2.45, 2.75) is 13.5 Å². The van der Waals surface area contributed by atoms with Crippen molar-refractivity contribution in [3.05, 3.63) is 49.6 Å². The number of nitrogens with zero attached hydrogens (tertiary/aromatic N) is 1. The molecular formula is C14H14Cl2N2OS. The summed E-state index contributed by atoms with van der Waals surface area (Å²) in [5.41, 5.74) is 7.63. The molecule has 0 aliphatic rings. The number of nitrogen functional groups attached to an aromatic ring is 1. The number of hydrogen-bond donors (Lipinski definition) is 1. The van der Waals surface area contributed by atoms with Crippen LogP contribution in [0.1, 0.15) is 20.8 Å². The van der Waals surface area contributed by atoms with Crippen molar-refractivity contribution in [1.29, 1.82) is 0 Å². The maximum atomic E-state index is 12.4. The van der Waals surface area contributed by atoms with Crippen molar-refractivity contribution in [2.75, 3.05) is 12.8 Å². The Hall–Kier alpha value is -1.23. The predicted octanol–water partition coefficient (Wildman–Crippen LogP) is 4.22. The van der Waals surface area contributed by atoms with Gasteiger partial charge in [0.2, 0.25) is 0 Å². The minimum Gasteiger partial charge on any atom is -0.399 e. The van der Waals surface area contributed by atoms with Crippen LogP contribution >= 0.6 is 34.5 Å². The van der Waals surface area contributed by atoms with Crippen LogP contribution in [0.3, 0.4) is 0 Å². The van der Waals surface area contributed by atoms with Gasteiger partial charge in [0.15, 0.2) is 0 Å². The van der Waals surface area contributed by atoms with Gasteiger partial charge in [-0.1, -0.05) is 23.2 Å². The maximum absolute atomic E-state index is 12.4. The molecule has 0 fully saturated rings. The zero-order valence-electron chi connectivity index (χ0n) is 11.1. The molecule has 0 saturated heterocycles. The Kier molecular flexibility index (Phi) is 4.58. The first-order valence-electron chi connectivity index (χ1n) is 5.93. The molecule has 2 N–H and O–H groups in total. The third kappa shape index (κ3) is 3.08. The van der Waals surface area contributed by atoms with Gasteiger partial charge >= 0.3 is 0 Å². The molecule has 0 spiro atoms. The van der Waals surface area contributed by atoms with E-state index in [1.165, 1.54) is 11.6 Å². The van der Waals surface area contributed by atoms with Crippen LogP contribution in [0.2, 0.25) is 10.0 Å². The van der Waals surface area contributed by atoms with Crippen molar-refractivity contribution in [3.8, 4) is 0 Å². The van der Waals surface area contributed by atoms with Gasteiger partial charge in [0, 0.05) is 17.6 Å². The number of halogens is 2. The van der Waals surface area contributed by atoms with Crippen molar-refractivity contribution in [3.63, 3.8) is 0 Å². The Morgan fingerprint density at radius 2 is 2.10 bits per heavy atom. The molecule has 2 rings (SSSR count). The Morgan fingerprint density at radius 1 is 1.40 bits per heavy atom. The molecule has 1 aromatic heterocycles. The summed E-state index contributed by atoms with van der Waals surface area (Å²) in [5, 5.41) is 2.53. The lowest BCUT2D eigenvalue weighted by molar-refractivity contribution is 0.0786. The molecule has 3 nitrogen and oxygen atoms in total. The molecule has 0 atom stereocenters. The number of carbonyl (C=O) groups is 1. The number of amides is 1. The molecule has 6 heteroatoms. The standard InChI is InChI=1S/C14H14Cl2N2OS/c1-8-3-4-20-12(8)7-18(2)14(19)10-5-9(17)6-11(15)13(10)16/h3-6H,7,17H2,1-2H3. The first-order valence-corrected chi connectivity index (χ1v) is 7.56. The van der Waals surface area contributed by atoms with Gasteiger partial charge in [0.05, 0.1) is 22.2 Å². The van der Waals surface area contributed by atoms with E-state index in [9.17, 15) is 4.79 Å². The highest BCUT2D eigenvalue weighted by molar-refractivity contribution is 7.10. The van der Waals surface area contributed by atoms with Gasteiger partial charge in [0.25, 0.3) is 5.91 Å². The highest BCUT2D eigenvalue weighted by Gasteiger charge is 2.18. The smallest absolute Gasteiger partial charge is 0.255 e. The van der Waals surface area contributed by atoms with Crippen LogP contribution < -0.4 is 5.73 Å². The molecule has 0 saturated carbocycles. The van der Waals surface area contributed by atoms with Gasteiger partial charge in [-0.25, -0.2) is 0 Å². The topological polar surface area (TPSA) is 46.3 Å². The summed E-state index contributed by atoms with van der Waals surface area (Å²) in [6.45, 7) is 2.56. The van der Waals surface area contributed by atoms with Crippen molar-refractivity contribution in [2.24, 2.45) is 0 Å². The fourth-order valence-electron chi connectivity index (χ4n) is 1.82. The second-order valence-corrected chi connectivity index (χ2v) is 6.34. The molecule has 1 heterocycles. The Balaban J connectivity index is 2.25. The van der Waals surface area contributed by atoms with E-state index in [-0.39, 0.29) is 16.0 Å². The van der Waals surface area contributed by atoms with E-state index >= 15 is 0 Å². The third-order valence-corrected chi connectivity index (χ3v) is 4.79. The van der Waals surface area contributed by atoms with E-state index in [4.69, 9.17) is 28.9 Å². The number of benzene rings is 1. The van der Waals surface area contributed by atoms with Crippen LogP contribution in [0.15, 0.2) is 23.6 Å². The molecule has 0 unspecified atom stereocenters. The number of hydrogen-bond acceptors (Lipinski definition) is 3. The molecule has 2 aromatic rings. The van der Waals surface area contributed by atoms with Crippen molar-refractivity contribution < 1.29 is 4.79 Å². The van der Waals surface area contributed by atoms with Gasteiger partial charge in [-0.2, -0.15) is 0 Å². The highest BCUT2D eigenvalue weighted by Crippen LogP contribution is 2.30. The monoisotopic (exact) mass is 328 g/mol. The van der Waals surface area contributed by atoms with E-state index in [1.807, 2.05) is 18.4 Å². The van der Waals surface area contributed by atoms with E-state index in [0.29, 0.717) is 17.8 Å². The highest BCUT2D eigenvalue weighted by atomic mass is 35.5. The summed E-state index contributed by atoms with van der Waals surface area (Å²) in [7, 11) is 1.73. The number of aryl methyl sites for hydroxylation is 1. The Labute approximate surface area is 131 Å². The SMILES string of the molecule is Cc1ccsc1CN(C)C(=O)c1cc(N)cc(Cl)c1Cl. The molecule has 0 radical (unpaired) electrons. The molecular weight excluding hydrogens is 315 g/mol. The van der Waals surface area contributed by atoms with E-state index < -0.39 is 0 Å². The van der Waals surface area contributed by atoms with E-state index in [0.717, 1.165) is 4.88 Å². The van der Waals surface area contributed by atoms with Crippen LogP contribution in [0.4, 0.5) is 5.69 Å². The zero-order chi connectivity index (χ0) is 14.9. The normalized spacial score (nSPS) is 10.6. The van der Waals surface area contributed by atoms with Gasteiger partial charge in [-0.3, -0.25) is 4.79 Å². The minimum absolute atomic E-state index is 0.197. The van der Waals surface area contributed by atoms with Crippen LogP contribution in [-0.4, -0.2) is 17.9 Å². The van der Waals surface area contributed by atoms with Gasteiger partial charge in [-0.05, 0) is 36.1 Å². The van der Waals surface area contributed by atoms with Gasteiger partial charge < -0.3 is 10.6 Å². The summed E-state index contributed by atoms with van der Waals surface area (Å²) >= 11 is 13.7. The average Bonchev–Trinajstić information content (AvgIpc) is 2.78. The number of thiophene rings is 1. The summed E-state index contributed by atoms with van der Waals surface area (Å²) in [4.78, 5) is 15.2. The lowest BCUT2D eigenvalue weighted by Crippen LogP contribution is -2.26. The molecule has 1 amide bonds. The van der Waals surface area contributed by atoms with Gasteiger partial charge in [-0.15, -0.1) is 11.3 Å². The van der Waals surface area contributed by atoms with Crippen LogP contribution in [0, 0.1) is 6.92 Å². The second-order valence-electron chi connectivity index (χ2n) is 4.55. The quantitative estimate of drug-likeness (QED) is 0.857. The summed E-state index contributed by atoms with van der Waals surface area (Å²) in [6, 6.07) is 5.11. The molecule has 0 bridgehead atoms. The molecule has 20 heavy (non-hydrogen) atoms. The number of carbonyl (C=O) groups excluding carboxylic acids is 1. The van der Waals surface area contributed by atoms with Crippen molar-refractivity contribution in [1.82, 2.24) is 4.90 Å². The predicted molar refractivity (Wildman–Crippen MR) is 85.7 cm³/mol. The largest absolute Gasteiger partial charge is 0.399 e. The van der Waals surface area contributed by atoms with Crippen molar-refractivity contribution >= 4 is 46.1 Å². The Morgan fingerprint density at radius 3 is 2.70 bits per heavy atom. The van der Waals surface area contributed by atoms with Crippen LogP contribution in [-0.2, 0) is 6.54 Å². The molecule has 0 aliphatic heterocycles. The third-order valence-electron chi connectivity index (χ3n) is 2.98. The lowest BCUT2D eigenvalue weighted by atomic mass is 10.1. The van der Waals surface area contributed by atoms with Gasteiger partial charge in [0.1, 0.15) is 0 Å². The summed E-state index contributed by atoms with van der Waals surface area (Å²) in [6.07, 6.45) is 0. The molecule has 0 aliphatic carbocycles. The van der Waals surface area contributed by atoms with E-state index in [1.54, 1.807) is 29.4 Å². The van der Waals surface area contributed by atoms with Crippen LogP contribution in [0.5, 0.6) is 0 Å². The minimum atomic E-state index is -0.197. The second kappa shape index (κ2) is 6.04. The Bertz CT molecular complexity index is 655. The van der Waals surface area contributed by atoms with E-state index in [2.05, 4.69) is 0 Å². The summed E-state index contributed by atoms with van der Waals surface area (Å²) in [5.74, 6) is -0.197. The average molecular weight is 329 g/mol. The molecule has 1 aromatic carbocycles. The fourth-order valence-corrected chi connectivity index (χ4v) is 3.20. The first-order chi connectivity index (χ1) is 9.40.